The van der Waals surface area contributed by atoms with Gasteiger partial charge in [0.25, 0.3) is 11.1 Å². The zero-order valence-corrected chi connectivity index (χ0v) is 23.6. The molecule has 10 heteroatoms. The second kappa shape index (κ2) is 11.2. The molecule has 0 aliphatic carbocycles. The standard InChI is InChI=1S/C33H25N3O6S/c37-31(34-23-12-13-28-29(17-23)42-20-41-28)19-35-18-22(24-8-3-4-10-26(24)35)16-30-32(38)36(33(39)43-30)14-15-40-27-11-5-7-21-6-1-2-9-25(21)27/h1-13,16-18H,14-15,19-20H2,(H,34,37)/b30-16-. The van der Waals surface area contributed by atoms with Crippen LogP contribution in [0.3, 0.4) is 0 Å². The molecule has 4 aromatic carbocycles. The predicted octanol–water partition coefficient (Wildman–Crippen LogP) is 6.28. The van der Waals surface area contributed by atoms with E-state index in [4.69, 9.17) is 14.2 Å². The second-order valence-electron chi connectivity index (χ2n) is 10.0. The van der Waals surface area contributed by atoms with Crippen molar-refractivity contribution in [2.24, 2.45) is 0 Å². The summed E-state index contributed by atoms with van der Waals surface area (Å²) in [6.07, 6.45) is 3.53. The summed E-state index contributed by atoms with van der Waals surface area (Å²) in [6, 6.07) is 26.6. The van der Waals surface area contributed by atoms with Crippen molar-refractivity contribution < 1.29 is 28.6 Å². The van der Waals surface area contributed by atoms with Crippen molar-refractivity contribution in [3.05, 3.63) is 102 Å². The molecule has 0 unspecified atom stereocenters. The molecule has 0 radical (unpaired) electrons. The quantitative estimate of drug-likeness (QED) is 0.212. The molecular weight excluding hydrogens is 566 g/mol. The zero-order chi connectivity index (χ0) is 29.3. The highest BCUT2D eigenvalue weighted by Crippen LogP contribution is 2.36. The van der Waals surface area contributed by atoms with Gasteiger partial charge < -0.3 is 24.1 Å². The van der Waals surface area contributed by atoms with E-state index in [0.29, 0.717) is 27.8 Å². The summed E-state index contributed by atoms with van der Waals surface area (Å²) in [5, 5.41) is 5.44. The van der Waals surface area contributed by atoms with E-state index in [1.807, 2.05) is 77.5 Å². The van der Waals surface area contributed by atoms with Gasteiger partial charge in [0.15, 0.2) is 11.5 Å². The third kappa shape index (κ3) is 5.28. The smallest absolute Gasteiger partial charge is 0.293 e. The van der Waals surface area contributed by atoms with Crippen LogP contribution in [-0.2, 0) is 16.1 Å². The first-order valence-corrected chi connectivity index (χ1v) is 14.5. The van der Waals surface area contributed by atoms with Crippen molar-refractivity contribution in [3.8, 4) is 17.2 Å². The predicted molar refractivity (Wildman–Crippen MR) is 165 cm³/mol. The van der Waals surface area contributed by atoms with Crippen LogP contribution in [0.15, 0.2) is 96.0 Å². The number of thioether (sulfide) groups is 1. The Labute approximate surface area is 250 Å². The minimum Gasteiger partial charge on any atom is -0.491 e. The third-order valence-electron chi connectivity index (χ3n) is 7.27. The van der Waals surface area contributed by atoms with Gasteiger partial charge in [0.1, 0.15) is 18.9 Å². The molecule has 1 N–H and O–H groups in total. The summed E-state index contributed by atoms with van der Waals surface area (Å²) >= 11 is 0.901. The number of imide groups is 1. The molecule has 2 aliphatic heterocycles. The Balaban J connectivity index is 1.05. The van der Waals surface area contributed by atoms with Gasteiger partial charge in [0.05, 0.1) is 11.4 Å². The summed E-state index contributed by atoms with van der Waals surface area (Å²) in [6.45, 7) is 0.517. The number of para-hydroxylation sites is 1. The maximum Gasteiger partial charge on any atom is 0.293 e. The first-order chi connectivity index (χ1) is 21.0. The molecule has 2 aliphatic rings. The molecule has 9 nitrogen and oxygen atoms in total. The molecule has 3 heterocycles. The Morgan fingerprint density at radius 2 is 1.72 bits per heavy atom. The normalized spacial score (nSPS) is 15.2. The van der Waals surface area contributed by atoms with E-state index in [1.165, 1.54) is 4.90 Å². The number of fused-ring (bicyclic) bond motifs is 3. The van der Waals surface area contributed by atoms with Crippen LogP contribution < -0.4 is 19.5 Å². The molecule has 0 atom stereocenters. The van der Waals surface area contributed by atoms with E-state index < -0.39 is 0 Å². The Kier molecular flexibility index (Phi) is 6.96. The number of hydrogen-bond acceptors (Lipinski definition) is 7. The minimum absolute atomic E-state index is 0.0514. The van der Waals surface area contributed by atoms with Gasteiger partial charge in [0, 0.05) is 39.8 Å². The van der Waals surface area contributed by atoms with Gasteiger partial charge in [-0.25, -0.2) is 0 Å². The molecule has 214 valence electrons. The largest absolute Gasteiger partial charge is 0.491 e. The summed E-state index contributed by atoms with van der Waals surface area (Å²) in [7, 11) is 0. The fourth-order valence-electron chi connectivity index (χ4n) is 5.25. The number of aromatic nitrogens is 1. The van der Waals surface area contributed by atoms with Crippen LogP contribution in [0, 0.1) is 0 Å². The zero-order valence-electron chi connectivity index (χ0n) is 22.8. The van der Waals surface area contributed by atoms with Gasteiger partial charge >= 0.3 is 0 Å². The van der Waals surface area contributed by atoms with E-state index in [0.717, 1.165) is 39.0 Å². The Bertz CT molecular complexity index is 1940. The highest BCUT2D eigenvalue weighted by molar-refractivity contribution is 8.18. The Morgan fingerprint density at radius 3 is 2.63 bits per heavy atom. The van der Waals surface area contributed by atoms with Crippen molar-refractivity contribution in [3.63, 3.8) is 0 Å². The fourth-order valence-corrected chi connectivity index (χ4v) is 6.11. The number of hydrogen-bond donors (Lipinski definition) is 1. The number of carbonyl (C=O) groups is 3. The molecule has 1 aromatic heterocycles. The van der Waals surface area contributed by atoms with Crippen LogP contribution in [0.4, 0.5) is 10.5 Å². The van der Waals surface area contributed by atoms with E-state index in [-0.39, 0.29) is 43.5 Å². The molecule has 7 rings (SSSR count). The lowest BCUT2D eigenvalue weighted by Crippen LogP contribution is -2.32. The highest BCUT2D eigenvalue weighted by atomic mass is 32.2. The molecule has 1 fully saturated rings. The van der Waals surface area contributed by atoms with E-state index in [1.54, 1.807) is 24.3 Å². The first kappa shape index (κ1) is 26.7. The Morgan fingerprint density at radius 1 is 0.930 bits per heavy atom. The second-order valence-corrected chi connectivity index (χ2v) is 11.0. The molecule has 1 saturated heterocycles. The van der Waals surface area contributed by atoms with Crippen molar-refractivity contribution >= 4 is 62.3 Å². The molecule has 43 heavy (non-hydrogen) atoms. The van der Waals surface area contributed by atoms with Gasteiger partial charge in [-0.05, 0) is 47.5 Å². The third-order valence-corrected chi connectivity index (χ3v) is 8.18. The van der Waals surface area contributed by atoms with Crippen molar-refractivity contribution in [1.29, 1.82) is 0 Å². The number of rotatable bonds is 8. The van der Waals surface area contributed by atoms with Crippen LogP contribution in [-0.4, -0.2) is 46.5 Å². The van der Waals surface area contributed by atoms with Gasteiger partial charge in [-0.2, -0.15) is 0 Å². The number of nitrogens with one attached hydrogen (secondary N) is 1. The Hall–Kier alpha value is -5.22. The molecule has 0 bridgehead atoms. The summed E-state index contributed by atoms with van der Waals surface area (Å²) in [5.41, 5.74) is 2.17. The van der Waals surface area contributed by atoms with Gasteiger partial charge in [-0.3, -0.25) is 19.3 Å². The lowest BCUT2D eigenvalue weighted by molar-refractivity contribution is -0.123. The number of ether oxygens (including phenoxy) is 3. The molecule has 5 aromatic rings. The van der Waals surface area contributed by atoms with Gasteiger partial charge in [-0.1, -0.05) is 54.6 Å². The molecule has 0 saturated carbocycles. The summed E-state index contributed by atoms with van der Waals surface area (Å²) in [4.78, 5) is 40.5. The average Bonchev–Trinajstić information content (AvgIpc) is 3.70. The van der Waals surface area contributed by atoms with Crippen LogP contribution in [0.25, 0.3) is 27.8 Å². The number of anilines is 1. The van der Waals surface area contributed by atoms with E-state index in [9.17, 15) is 14.4 Å². The molecule has 3 amide bonds. The van der Waals surface area contributed by atoms with Gasteiger partial charge in [0.2, 0.25) is 12.7 Å². The van der Waals surface area contributed by atoms with Crippen LogP contribution in [0.2, 0.25) is 0 Å². The van der Waals surface area contributed by atoms with Crippen molar-refractivity contribution in [1.82, 2.24) is 9.47 Å². The summed E-state index contributed by atoms with van der Waals surface area (Å²) in [5.74, 6) is 1.34. The van der Waals surface area contributed by atoms with E-state index >= 15 is 0 Å². The van der Waals surface area contributed by atoms with E-state index in [2.05, 4.69) is 5.32 Å². The molecular formula is C33H25N3O6S. The van der Waals surface area contributed by atoms with Crippen LogP contribution >= 0.6 is 11.8 Å². The number of amides is 3. The lowest BCUT2D eigenvalue weighted by atomic mass is 10.1. The maximum absolute atomic E-state index is 13.2. The fraction of sp³-hybridized carbons (Fsp3) is 0.121. The highest BCUT2D eigenvalue weighted by Gasteiger charge is 2.35. The molecule has 0 spiro atoms. The van der Waals surface area contributed by atoms with Crippen molar-refractivity contribution in [2.75, 3.05) is 25.3 Å². The number of carbonyl (C=O) groups excluding carboxylic acids is 3. The van der Waals surface area contributed by atoms with Crippen molar-refractivity contribution in [2.45, 2.75) is 6.54 Å². The number of benzene rings is 4. The SMILES string of the molecule is O=C(Cn1cc(/C=C2\SC(=O)N(CCOc3cccc4ccccc34)C2=O)c2ccccc21)Nc1ccc2c(c1)OCO2. The first-order valence-electron chi connectivity index (χ1n) is 13.7. The average molecular weight is 592 g/mol. The van der Waals surface area contributed by atoms with Gasteiger partial charge in [-0.15, -0.1) is 0 Å². The van der Waals surface area contributed by atoms with Crippen LogP contribution in [0.5, 0.6) is 17.2 Å². The summed E-state index contributed by atoms with van der Waals surface area (Å²) < 4.78 is 18.5. The van der Waals surface area contributed by atoms with Crippen LogP contribution in [0.1, 0.15) is 5.56 Å². The maximum atomic E-state index is 13.2. The number of nitrogens with zero attached hydrogens (tertiary/aromatic N) is 2. The topological polar surface area (TPSA) is 99.1 Å². The lowest BCUT2D eigenvalue weighted by Gasteiger charge is -2.14. The monoisotopic (exact) mass is 591 g/mol. The minimum atomic E-state index is -0.367.